The number of ether oxygens (including phenoxy) is 5. The monoisotopic (exact) mass is 696 g/mol. The molecule has 3 saturated heterocycles. The Bertz CT molecular complexity index is 1680. The number of phenolic OH excluding ortho intramolecular Hbond substituents is 2. The number of aliphatic hydroxyl groups is 9. The lowest BCUT2D eigenvalue weighted by molar-refractivity contribution is -0.316. The van der Waals surface area contributed by atoms with Gasteiger partial charge in [0.2, 0.25) is 6.29 Å². The molecule has 18 heteroatoms. The van der Waals surface area contributed by atoms with E-state index in [-0.39, 0.29) is 17.1 Å². The number of rotatable bonds is 7. The Morgan fingerprint density at radius 3 is 2.10 bits per heavy atom. The molecule has 18 nitrogen and oxygen atoms in total. The Morgan fingerprint density at radius 2 is 1.41 bits per heavy atom. The summed E-state index contributed by atoms with van der Waals surface area (Å²) >= 11 is 0. The van der Waals surface area contributed by atoms with E-state index in [4.69, 9.17) is 28.1 Å². The van der Waals surface area contributed by atoms with Gasteiger partial charge >= 0.3 is 0 Å². The normalized spacial score (nSPS) is 36.9. The molecule has 49 heavy (non-hydrogen) atoms. The number of aromatic hydroxyl groups is 2. The summed E-state index contributed by atoms with van der Waals surface area (Å²) in [7, 11) is 0. The van der Waals surface area contributed by atoms with Gasteiger partial charge in [-0.1, -0.05) is 0 Å². The summed E-state index contributed by atoms with van der Waals surface area (Å²) < 4.78 is 34.2. The molecule has 0 radical (unpaired) electrons. The van der Waals surface area contributed by atoms with Gasteiger partial charge in [-0.15, -0.1) is 0 Å². The van der Waals surface area contributed by atoms with Crippen LogP contribution in [0.3, 0.4) is 0 Å². The van der Waals surface area contributed by atoms with Crippen LogP contribution in [0.15, 0.2) is 45.6 Å². The van der Waals surface area contributed by atoms with Crippen molar-refractivity contribution in [2.45, 2.75) is 79.7 Å². The highest BCUT2D eigenvalue weighted by molar-refractivity contribution is 5.88. The first-order valence-electron chi connectivity index (χ1n) is 15.2. The molecular formula is C31H36O18. The Balaban J connectivity index is 1.49. The Morgan fingerprint density at radius 1 is 0.755 bits per heavy atom. The second-order valence-electron chi connectivity index (χ2n) is 12.0. The minimum atomic E-state index is -1.94. The molecule has 13 atom stereocenters. The first kappa shape index (κ1) is 35.4. The standard InChI is InChI=1S/C31H36O18/c32-7-18-23(39)25(41)27(43)31(48-18)47-17-6-16-19(12(34)5-15(46-16)10-1-3-11(33)4-2-10)24(40)20(17)28-29(22(38)14(36)8-44-28)49-30-26(42)21(37)13(35)9-45-30/h1-6,13-14,18,21-23,25-33,35-43H,7-9H2/t13-,14+,18+,21-,22-,23+,25-,26-,27+,28-,29-,30-,31+/m0/s1. The number of fused-ring (bicyclic) bond motifs is 1. The number of hydrogen-bond donors (Lipinski definition) is 11. The summed E-state index contributed by atoms with van der Waals surface area (Å²) in [6.45, 7) is -1.86. The van der Waals surface area contributed by atoms with Crippen molar-refractivity contribution in [3.8, 4) is 28.6 Å². The molecule has 0 aliphatic carbocycles. The summed E-state index contributed by atoms with van der Waals surface area (Å²) in [4.78, 5) is 13.5. The van der Waals surface area contributed by atoms with Gasteiger partial charge in [-0.3, -0.25) is 4.79 Å². The minimum Gasteiger partial charge on any atom is -0.508 e. The van der Waals surface area contributed by atoms with Crippen LogP contribution >= 0.6 is 0 Å². The van der Waals surface area contributed by atoms with Gasteiger partial charge in [-0.2, -0.15) is 0 Å². The fourth-order valence-electron chi connectivity index (χ4n) is 5.97. The lowest BCUT2D eigenvalue weighted by atomic mass is 9.91. The van der Waals surface area contributed by atoms with Crippen LogP contribution in [-0.2, 0) is 18.9 Å². The number of benzene rings is 2. The van der Waals surface area contributed by atoms with E-state index in [0.717, 1.165) is 12.1 Å². The predicted molar refractivity (Wildman–Crippen MR) is 159 cm³/mol. The zero-order valence-electron chi connectivity index (χ0n) is 25.4. The maximum Gasteiger partial charge on any atom is 0.229 e. The van der Waals surface area contributed by atoms with Crippen LogP contribution in [0.4, 0.5) is 0 Å². The zero-order chi connectivity index (χ0) is 35.3. The van der Waals surface area contributed by atoms with E-state index in [9.17, 15) is 61.0 Å². The van der Waals surface area contributed by atoms with Gasteiger partial charge in [0.05, 0.1) is 25.4 Å². The van der Waals surface area contributed by atoms with Gasteiger partial charge in [0.1, 0.15) is 101 Å². The molecule has 3 aliphatic heterocycles. The van der Waals surface area contributed by atoms with Crippen LogP contribution in [0.25, 0.3) is 22.3 Å². The first-order chi connectivity index (χ1) is 23.3. The maximum atomic E-state index is 13.5. The van der Waals surface area contributed by atoms with E-state index in [1.54, 1.807) is 0 Å². The molecular weight excluding hydrogens is 660 g/mol. The fraction of sp³-hybridized carbons (Fsp3) is 0.516. The molecule has 4 heterocycles. The van der Waals surface area contributed by atoms with E-state index >= 15 is 0 Å². The van der Waals surface area contributed by atoms with Crippen molar-refractivity contribution >= 4 is 11.0 Å². The van der Waals surface area contributed by atoms with Gasteiger partial charge in [0.15, 0.2) is 11.7 Å². The van der Waals surface area contributed by atoms with Crippen molar-refractivity contribution in [3.63, 3.8) is 0 Å². The van der Waals surface area contributed by atoms with Crippen molar-refractivity contribution in [1.82, 2.24) is 0 Å². The van der Waals surface area contributed by atoms with Crippen LogP contribution in [0.1, 0.15) is 11.7 Å². The molecule has 2 aromatic carbocycles. The highest BCUT2D eigenvalue weighted by Crippen LogP contribution is 2.46. The molecule has 3 aromatic rings. The SMILES string of the molecule is O=c1cc(-c2ccc(O)cc2)oc2cc(O[C@@H]3O[C@H](CO)[C@@H](O)[C@H](O)[C@H]3O)c([C@@H]3OC[C@@H](O)[C@H](O)[C@@H]3O[C@@H]3OC[C@H](O)[C@H](O)[C@@H]3O)c(O)c12. The molecule has 3 fully saturated rings. The number of aliphatic hydroxyl groups excluding tert-OH is 9. The van der Waals surface area contributed by atoms with Crippen molar-refractivity contribution in [2.24, 2.45) is 0 Å². The maximum absolute atomic E-state index is 13.5. The van der Waals surface area contributed by atoms with E-state index in [1.807, 2.05) is 0 Å². The van der Waals surface area contributed by atoms with E-state index in [1.165, 1.54) is 24.3 Å². The van der Waals surface area contributed by atoms with Gasteiger partial charge in [0.25, 0.3) is 0 Å². The van der Waals surface area contributed by atoms with Crippen LogP contribution in [0, 0.1) is 0 Å². The van der Waals surface area contributed by atoms with E-state index in [0.29, 0.717) is 5.56 Å². The van der Waals surface area contributed by atoms with Gasteiger partial charge in [0, 0.05) is 17.7 Å². The molecule has 6 rings (SSSR count). The molecule has 0 spiro atoms. The van der Waals surface area contributed by atoms with Crippen molar-refractivity contribution in [1.29, 1.82) is 0 Å². The van der Waals surface area contributed by atoms with Crippen LogP contribution < -0.4 is 10.2 Å². The lowest BCUT2D eigenvalue weighted by Crippen LogP contribution is -2.60. The smallest absolute Gasteiger partial charge is 0.229 e. The summed E-state index contributed by atoms with van der Waals surface area (Å²) in [6, 6.07) is 7.77. The third-order valence-electron chi connectivity index (χ3n) is 8.74. The highest BCUT2D eigenvalue weighted by atomic mass is 16.7. The highest BCUT2D eigenvalue weighted by Gasteiger charge is 2.49. The molecule has 1 aromatic heterocycles. The van der Waals surface area contributed by atoms with Crippen molar-refractivity contribution in [3.05, 3.63) is 52.2 Å². The Hall–Kier alpha value is -3.47. The molecule has 0 amide bonds. The molecule has 0 unspecified atom stereocenters. The first-order valence-corrected chi connectivity index (χ1v) is 15.2. The van der Waals surface area contributed by atoms with Crippen molar-refractivity contribution < 1.29 is 84.3 Å². The average molecular weight is 697 g/mol. The van der Waals surface area contributed by atoms with Crippen LogP contribution in [0.5, 0.6) is 17.2 Å². The summed E-state index contributed by atoms with van der Waals surface area (Å²) in [5.74, 6) is -1.35. The van der Waals surface area contributed by atoms with Crippen LogP contribution in [-0.4, -0.2) is 150 Å². The Labute approximate surface area is 275 Å². The zero-order valence-corrected chi connectivity index (χ0v) is 25.4. The average Bonchev–Trinajstić information content (AvgIpc) is 3.07. The number of phenols is 2. The Kier molecular flexibility index (Phi) is 10.1. The molecule has 11 N–H and O–H groups in total. The number of hydrogen-bond acceptors (Lipinski definition) is 18. The third kappa shape index (κ3) is 6.59. The van der Waals surface area contributed by atoms with Gasteiger partial charge in [-0.05, 0) is 24.3 Å². The molecule has 0 bridgehead atoms. The molecule has 0 saturated carbocycles. The summed E-state index contributed by atoms with van der Waals surface area (Å²) in [5.41, 5.74) is -1.14. The lowest BCUT2D eigenvalue weighted by Gasteiger charge is -2.43. The van der Waals surface area contributed by atoms with E-state index < -0.39 is 127 Å². The van der Waals surface area contributed by atoms with Crippen LogP contribution in [0.2, 0.25) is 0 Å². The molecule has 268 valence electrons. The summed E-state index contributed by atoms with van der Waals surface area (Å²) in [6.07, 6.45) is -22.4. The molecule has 3 aliphatic rings. The quantitative estimate of drug-likeness (QED) is 0.115. The second kappa shape index (κ2) is 14.0. The van der Waals surface area contributed by atoms with Gasteiger partial charge in [-0.25, -0.2) is 0 Å². The fourth-order valence-corrected chi connectivity index (χ4v) is 5.97. The van der Waals surface area contributed by atoms with E-state index in [2.05, 4.69) is 0 Å². The van der Waals surface area contributed by atoms with Gasteiger partial charge < -0.3 is 84.3 Å². The topological polar surface area (TPSA) is 299 Å². The van der Waals surface area contributed by atoms with Crippen molar-refractivity contribution in [2.75, 3.05) is 19.8 Å². The minimum absolute atomic E-state index is 0.00120. The largest absolute Gasteiger partial charge is 0.508 e. The predicted octanol–water partition coefficient (Wildman–Crippen LogP) is -3.33. The third-order valence-corrected chi connectivity index (χ3v) is 8.74. The summed E-state index contributed by atoms with van der Waals surface area (Å²) in [5, 5.41) is 114. The second-order valence-corrected chi connectivity index (χ2v) is 12.0.